The zero-order valence-corrected chi connectivity index (χ0v) is 20.3. The normalized spacial score (nSPS) is 28.5. The minimum Gasteiger partial charge on any atom is -0.508 e. The molecule has 180 valence electrons. The Kier molecular flexibility index (Phi) is 5.14. The number of rotatable bonds is 2. The molecule has 2 fully saturated rings. The Hall–Kier alpha value is -2.60. The number of hydrogen-bond acceptors (Lipinski definition) is 4. The van der Waals surface area contributed by atoms with Crippen LogP contribution < -0.4 is 5.56 Å². The van der Waals surface area contributed by atoms with Crippen LogP contribution in [0.2, 0.25) is 0 Å². The van der Waals surface area contributed by atoms with Crippen molar-refractivity contribution >= 4 is 5.91 Å². The number of phenolic OH excluding ortho intramolecular Hbond substituents is 1. The zero-order valence-electron chi connectivity index (χ0n) is 20.3. The number of piperidine rings is 1. The molecule has 6 heteroatoms. The van der Waals surface area contributed by atoms with Gasteiger partial charge in [-0.15, -0.1) is 0 Å². The number of aromatic nitrogens is 1. The first-order chi connectivity index (χ1) is 16.4. The average Bonchev–Trinajstić information content (AvgIpc) is 2.84. The maximum absolute atomic E-state index is 13.4. The Labute approximate surface area is 201 Å². The summed E-state index contributed by atoms with van der Waals surface area (Å²) in [5.74, 6) is 0.570. The SMILES string of the molecule is CN(C(=O)c1cc2c([nH]c1=O)C[C@]13CCN(C)[C@H](Cc4ccc(O)cc41)[C@@H]3C2)C1CCCCC1. The number of H-pyrrole nitrogens is 1. The molecule has 1 saturated heterocycles. The summed E-state index contributed by atoms with van der Waals surface area (Å²) in [6, 6.07) is 8.40. The lowest BCUT2D eigenvalue weighted by molar-refractivity contribution is 0.0233. The molecule has 0 spiro atoms. The smallest absolute Gasteiger partial charge is 0.261 e. The third kappa shape index (κ3) is 3.25. The van der Waals surface area contributed by atoms with Gasteiger partial charge in [-0.2, -0.15) is 0 Å². The van der Waals surface area contributed by atoms with E-state index < -0.39 is 0 Å². The topological polar surface area (TPSA) is 76.6 Å². The van der Waals surface area contributed by atoms with Crippen LogP contribution in [0.4, 0.5) is 0 Å². The highest BCUT2D eigenvalue weighted by Gasteiger charge is 2.54. The number of benzene rings is 1. The number of pyridine rings is 1. The highest BCUT2D eigenvalue weighted by Crippen LogP contribution is 2.54. The standard InChI is InChI=1S/C28H35N3O3/c1-30-11-10-28-16-24-18(13-23(28)25(30)14-17-8-9-20(32)15-22(17)28)12-21(26(33)29-24)27(34)31(2)19-6-4-3-5-7-19/h8-9,12,15,19,23,25,32H,3-7,10-11,13-14,16H2,1-2H3,(H,29,33)/t23-,25+,28+/m0/s1. The second-order valence-corrected chi connectivity index (χ2v) is 11.2. The first kappa shape index (κ1) is 21.9. The first-order valence-electron chi connectivity index (χ1n) is 12.9. The van der Waals surface area contributed by atoms with Crippen molar-refractivity contribution in [1.29, 1.82) is 0 Å². The van der Waals surface area contributed by atoms with E-state index in [1.807, 2.05) is 24.1 Å². The molecule has 1 aliphatic heterocycles. The number of likely N-dealkylation sites (tertiary alicyclic amines) is 1. The van der Waals surface area contributed by atoms with Crippen LogP contribution in [0.25, 0.3) is 0 Å². The van der Waals surface area contributed by atoms with Gasteiger partial charge in [-0.3, -0.25) is 9.59 Å². The quantitative estimate of drug-likeness (QED) is 0.719. The lowest BCUT2D eigenvalue weighted by Crippen LogP contribution is -2.61. The van der Waals surface area contributed by atoms with E-state index in [1.165, 1.54) is 17.5 Å². The maximum Gasteiger partial charge on any atom is 0.261 e. The fourth-order valence-electron chi connectivity index (χ4n) is 7.60. The molecule has 2 heterocycles. The predicted octanol–water partition coefficient (Wildman–Crippen LogP) is 3.40. The number of carbonyl (C=O) groups excluding carboxylic acids is 1. The Morgan fingerprint density at radius 2 is 1.94 bits per heavy atom. The van der Waals surface area contributed by atoms with Gasteiger partial charge in [-0.05, 0) is 92.9 Å². The van der Waals surface area contributed by atoms with Crippen molar-refractivity contribution in [3.05, 3.63) is 62.6 Å². The van der Waals surface area contributed by atoms with Gasteiger partial charge < -0.3 is 19.9 Å². The molecule has 3 aliphatic carbocycles. The lowest BCUT2D eigenvalue weighted by Gasteiger charge is -2.58. The van der Waals surface area contributed by atoms with Crippen LogP contribution in [0.5, 0.6) is 5.75 Å². The van der Waals surface area contributed by atoms with E-state index in [4.69, 9.17) is 0 Å². The van der Waals surface area contributed by atoms with Crippen LogP contribution in [0, 0.1) is 5.92 Å². The van der Waals surface area contributed by atoms with Crippen molar-refractivity contribution in [2.45, 2.75) is 75.3 Å². The van der Waals surface area contributed by atoms with E-state index in [0.29, 0.717) is 17.7 Å². The van der Waals surface area contributed by atoms with Gasteiger partial charge in [-0.25, -0.2) is 0 Å². The van der Waals surface area contributed by atoms with Crippen molar-refractivity contribution < 1.29 is 9.90 Å². The number of nitrogens with one attached hydrogen (secondary N) is 1. The van der Waals surface area contributed by atoms with Gasteiger partial charge in [0.2, 0.25) is 0 Å². The molecular formula is C28H35N3O3. The summed E-state index contributed by atoms with van der Waals surface area (Å²) >= 11 is 0. The fourth-order valence-corrected chi connectivity index (χ4v) is 7.60. The summed E-state index contributed by atoms with van der Waals surface area (Å²) < 4.78 is 0. The Morgan fingerprint density at radius 3 is 2.74 bits per heavy atom. The van der Waals surface area contributed by atoms with Gasteiger partial charge in [-0.1, -0.05) is 25.3 Å². The molecule has 1 amide bonds. The number of nitrogens with zero attached hydrogens (tertiary/aromatic N) is 2. The van der Waals surface area contributed by atoms with Gasteiger partial charge in [0.1, 0.15) is 11.3 Å². The first-order valence-corrected chi connectivity index (χ1v) is 12.9. The molecule has 1 saturated carbocycles. The van der Waals surface area contributed by atoms with Crippen LogP contribution in [0.15, 0.2) is 29.1 Å². The zero-order chi connectivity index (χ0) is 23.6. The van der Waals surface area contributed by atoms with E-state index in [2.05, 4.69) is 23.0 Å². The van der Waals surface area contributed by atoms with Gasteiger partial charge in [0, 0.05) is 30.2 Å². The van der Waals surface area contributed by atoms with E-state index in [-0.39, 0.29) is 28.5 Å². The van der Waals surface area contributed by atoms with Gasteiger partial charge in [0.15, 0.2) is 0 Å². The summed E-state index contributed by atoms with van der Waals surface area (Å²) in [4.78, 5) is 33.9. The molecule has 2 bridgehead atoms. The number of aromatic amines is 1. The molecule has 6 nitrogen and oxygen atoms in total. The summed E-state index contributed by atoms with van der Waals surface area (Å²) in [6.45, 7) is 1.01. The number of amides is 1. The summed E-state index contributed by atoms with van der Waals surface area (Å²) in [6.07, 6.45) is 9.18. The monoisotopic (exact) mass is 461 g/mol. The van der Waals surface area contributed by atoms with E-state index >= 15 is 0 Å². The number of aromatic hydroxyl groups is 1. The maximum atomic E-state index is 13.4. The molecule has 2 N–H and O–H groups in total. The second kappa shape index (κ2) is 7.98. The minimum atomic E-state index is -0.266. The minimum absolute atomic E-state index is 0.0795. The number of likely N-dealkylation sites (N-methyl/N-ethyl adjacent to an activating group) is 1. The predicted molar refractivity (Wildman–Crippen MR) is 131 cm³/mol. The summed E-state index contributed by atoms with van der Waals surface area (Å²) in [5, 5.41) is 10.3. The third-order valence-corrected chi connectivity index (χ3v) is 9.53. The van der Waals surface area contributed by atoms with Crippen LogP contribution >= 0.6 is 0 Å². The molecule has 34 heavy (non-hydrogen) atoms. The molecule has 3 atom stereocenters. The van der Waals surface area contributed by atoms with Crippen LogP contribution in [0.3, 0.4) is 0 Å². The molecule has 2 aromatic rings. The van der Waals surface area contributed by atoms with Crippen LogP contribution in [0.1, 0.15) is 71.3 Å². The van der Waals surface area contributed by atoms with Gasteiger partial charge >= 0.3 is 0 Å². The van der Waals surface area contributed by atoms with E-state index in [1.54, 1.807) is 6.07 Å². The summed E-state index contributed by atoms with van der Waals surface area (Å²) in [7, 11) is 4.08. The van der Waals surface area contributed by atoms with Crippen molar-refractivity contribution in [2.24, 2.45) is 5.92 Å². The molecule has 0 radical (unpaired) electrons. The number of hydrogen-bond donors (Lipinski definition) is 2. The largest absolute Gasteiger partial charge is 0.508 e. The van der Waals surface area contributed by atoms with Crippen molar-refractivity contribution in [2.75, 3.05) is 20.6 Å². The third-order valence-electron chi connectivity index (χ3n) is 9.53. The van der Waals surface area contributed by atoms with Crippen LogP contribution in [-0.2, 0) is 24.7 Å². The van der Waals surface area contributed by atoms with Crippen molar-refractivity contribution in [3.63, 3.8) is 0 Å². The van der Waals surface area contributed by atoms with E-state index in [9.17, 15) is 14.7 Å². The van der Waals surface area contributed by atoms with Crippen LogP contribution in [-0.4, -0.2) is 58.5 Å². The second-order valence-electron chi connectivity index (χ2n) is 11.2. The highest BCUT2D eigenvalue weighted by molar-refractivity contribution is 5.94. The number of fused-ring (bicyclic) bond motifs is 2. The molecular weight excluding hydrogens is 426 g/mol. The Balaban J connectivity index is 1.39. The molecule has 6 rings (SSSR count). The summed E-state index contributed by atoms with van der Waals surface area (Å²) in [5.41, 5.74) is 4.60. The molecule has 0 unspecified atom stereocenters. The Bertz CT molecular complexity index is 1200. The molecule has 1 aromatic carbocycles. The Morgan fingerprint density at radius 1 is 1.15 bits per heavy atom. The van der Waals surface area contributed by atoms with Crippen molar-refractivity contribution in [3.8, 4) is 5.75 Å². The highest BCUT2D eigenvalue weighted by atomic mass is 16.3. The average molecular weight is 462 g/mol. The number of phenols is 1. The van der Waals surface area contributed by atoms with Gasteiger partial charge in [0.25, 0.3) is 11.5 Å². The van der Waals surface area contributed by atoms with Gasteiger partial charge in [0.05, 0.1) is 0 Å². The lowest BCUT2D eigenvalue weighted by atomic mass is 9.52. The van der Waals surface area contributed by atoms with E-state index in [0.717, 1.165) is 69.2 Å². The van der Waals surface area contributed by atoms with Crippen molar-refractivity contribution in [1.82, 2.24) is 14.8 Å². The fraction of sp³-hybridized carbons (Fsp3) is 0.571. The molecule has 4 aliphatic rings. The molecule has 1 aromatic heterocycles. The number of carbonyl (C=O) groups is 1.